The first-order chi connectivity index (χ1) is 10.5. The molecule has 0 atom stereocenters. The van der Waals surface area contributed by atoms with Crippen LogP contribution in [0.15, 0.2) is 30.3 Å². The molecule has 1 amide bonds. The lowest BCUT2D eigenvalue weighted by Gasteiger charge is -2.12. The highest BCUT2D eigenvalue weighted by Crippen LogP contribution is 2.29. The third-order valence-corrected chi connectivity index (χ3v) is 3.04. The first-order valence-electron chi connectivity index (χ1n) is 6.33. The van der Waals surface area contributed by atoms with Gasteiger partial charge in [-0.25, -0.2) is 4.98 Å². The quantitative estimate of drug-likeness (QED) is 0.903. The SMILES string of the molecule is COc1ccc(Nc2ccc(Cl)c(C#N)n2)cc1NC(C)=O. The first kappa shape index (κ1) is 15.6. The third-order valence-electron chi connectivity index (χ3n) is 2.73. The molecule has 2 N–H and O–H groups in total. The molecule has 112 valence electrons. The number of hydrogen-bond donors (Lipinski definition) is 2. The van der Waals surface area contributed by atoms with E-state index in [2.05, 4.69) is 15.6 Å². The van der Waals surface area contributed by atoms with E-state index in [9.17, 15) is 4.79 Å². The van der Waals surface area contributed by atoms with Crippen molar-refractivity contribution in [2.75, 3.05) is 17.7 Å². The summed E-state index contributed by atoms with van der Waals surface area (Å²) in [5.41, 5.74) is 1.36. The number of nitrogens with zero attached hydrogens (tertiary/aromatic N) is 2. The van der Waals surface area contributed by atoms with Gasteiger partial charge >= 0.3 is 0 Å². The fraction of sp³-hybridized carbons (Fsp3) is 0.133. The highest BCUT2D eigenvalue weighted by Gasteiger charge is 2.08. The average Bonchev–Trinajstić information content (AvgIpc) is 2.49. The number of anilines is 3. The Balaban J connectivity index is 2.30. The maximum Gasteiger partial charge on any atom is 0.221 e. The number of rotatable bonds is 4. The van der Waals surface area contributed by atoms with E-state index in [1.807, 2.05) is 6.07 Å². The molecule has 0 fully saturated rings. The number of methoxy groups -OCH3 is 1. The number of carbonyl (C=O) groups is 1. The summed E-state index contributed by atoms with van der Waals surface area (Å²) in [6.07, 6.45) is 0. The van der Waals surface area contributed by atoms with E-state index in [0.717, 1.165) is 0 Å². The van der Waals surface area contributed by atoms with Crippen molar-refractivity contribution in [3.8, 4) is 11.8 Å². The van der Waals surface area contributed by atoms with Crippen LogP contribution in [0, 0.1) is 11.3 Å². The van der Waals surface area contributed by atoms with Crippen molar-refractivity contribution in [2.24, 2.45) is 0 Å². The summed E-state index contributed by atoms with van der Waals surface area (Å²) < 4.78 is 5.19. The van der Waals surface area contributed by atoms with Gasteiger partial charge in [-0.2, -0.15) is 5.26 Å². The number of aromatic nitrogens is 1. The van der Waals surface area contributed by atoms with E-state index in [0.29, 0.717) is 28.0 Å². The Labute approximate surface area is 132 Å². The van der Waals surface area contributed by atoms with E-state index in [-0.39, 0.29) is 11.6 Å². The zero-order chi connectivity index (χ0) is 16.1. The van der Waals surface area contributed by atoms with Gasteiger partial charge in [0.05, 0.1) is 17.8 Å². The molecule has 0 bridgehead atoms. The topological polar surface area (TPSA) is 87.0 Å². The van der Waals surface area contributed by atoms with E-state index >= 15 is 0 Å². The highest BCUT2D eigenvalue weighted by molar-refractivity contribution is 6.31. The Hall–Kier alpha value is -2.78. The van der Waals surface area contributed by atoms with E-state index in [1.54, 1.807) is 30.3 Å². The van der Waals surface area contributed by atoms with Crippen LogP contribution in [0.1, 0.15) is 12.6 Å². The minimum absolute atomic E-state index is 0.141. The Morgan fingerprint density at radius 3 is 2.77 bits per heavy atom. The number of pyridine rings is 1. The Morgan fingerprint density at radius 1 is 1.36 bits per heavy atom. The van der Waals surface area contributed by atoms with Gasteiger partial charge in [-0.1, -0.05) is 11.6 Å². The Morgan fingerprint density at radius 2 is 2.14 bits per heavy atom. The predicted octanol–water partition coefficient (Wildman–Crippen LogP) is 3.32. The summed E-state index contributed by atoms with van der Waals surface area (Å²) in [4.78, 5) is 15.3. The summed E-state index contributed by atoms with van der Waals surface area (Å²) in [7, 11) is 1.52. The average molecular weight is 317 g/mol. The zero-order valence-electron chi connectivity index (χ0n) is 12.0. The van der Waals surface area contributed by atoms with Crippen molar-refractivity contribution < 1.29 is 9.53 Å². The molecule has 1 aromatic heterocycles. The minimum atomic E-state index is -0.202. The summed E-state index contributed by atoms with van der Waals surface area (Å²) in [6, 6.07) is 10.4. The van der Waals surface area contributed by atoms with E-state index in [1.165, 1.54) is 14.0 Å². The number of hydrogen-bond acceptors (Lipinski definition) is 5. The molecular formula is C15H13ClN4O2. The van der Waals surface area contributed by atoms with Crippen LogP contribution in [0.3, 0.4) is 0 Å². The van der Waals surface area contributed by atoms with E-state index in [4.69, 9.17) is 21.6 Å². The fourth-order valence-corrected chi connectivity index (χ4v) is 1.96. The van der Waals surface area contributed by atoms with Gasteiger partial charge in [-0.15, -0.1) is 0 Å². The molecule has 0 saturated carbocycles. The van der Waals surface area contributed by atoms with Crippen molar-refractivity contribution in [3.05, 3.63) is 41.0 Å². The van der Waals surface area contributed by atoms with Gasteiger partial charge < -0.3 is 15.4 Å². The van der Waals surface area contributed by atoms with Crippen LogP contribution in [-0.2, 0) is 4.79 Å². The molecule has 0 aliphatic rings. The maximum atomic E-state index is 11.2. The monoisotopic (exact) mass is 316 g/mol. The number of amides is 1. The first-order valence-corrected chi connectivity index (χ1v) is 6.70. The Kier molecular flexibility index (Phi) is 4.81. The molecule has 0 radical (unpaired) electrons. The van der Waals surface area contributed by atoms with Gasteiger partial charge in [0.2, 0.25) is 5.91 Å². The standard InChI is InChI=1S/C15H13ClN4O2/c1-9(21)18-12-7-10(3-5-14(12)22-2)19-15-6-4-11(16)13(8-17)20-15/h3-7H,1-2H3,(H,18,21)(H,19,20). The molecule has 2 rings (SSSR count). The molecule has 1 aromatic carbocycles. The molecule has 7 heteroatoms. The Bertz CT molecular complexity index is 756. The summed E-state index contributed by atoms with van der Waals surface area (Å²) in [5.74, 6) is 0.814. The highest BCUT2D eigenvalue weighted by atomic mass is 35.5. The third kappa shape index (κ3) is 3.65. The summed E-state index contributed by atoms with van der Waals surface area (Å²) >= 11 is 5.84. The lowest BCUT2D eigenvalue weighted by molar-refractivity contribution is -0.114. The second-order valence-electron chi connectivity index (χ2n) is 4.36. The van der Waals surface area contributed by atoms with Crippen LogP contribution in [-0.4, -0.2) is 18.0 Å². The molecule has 0 aliphatic heterocycles. The number of benzene rings is 1. The van der Waals surface area contributed by atoms with Gasteiger partial charge in [0.1, 0.15) is 17.6 Å². The van der Waals surface area contributed by atoms with Gasteiger partial charge in [-0.05, 0) is 30.3 Å². The summed E-state index contributed by atoms with van der Waals surface area (Å²) in [6.45, 7) is 1.42. The molecule has 0 spiro atoms. The minimum Gasteiger partial charge on any atom is -0.495 e. The van der Waals surface area contributed by atoms with Gasteiger partial charge in [0, 0.05) is 12.6 Å². The number of nitriles is 1. The largest absolute Gasteiger partial charge is 0.495 e. The van der Waals surface area contributed by atoms with Gasteiger partial charge in [-0.3, -0.25) is 4.79 Å². The molecule has 0 saturated heterocycles. The number of nitrogens with one attached hydrogen (secondary N) is 2. The molecular weight excluding hydrogens is 304 g/mol. The molecule has 0 unspecified atom stereocenters. The van der Waals surface area contributed by atoms with E-state index < -0.39 is 0 Å². The van der Waals surface area contributed by atoms with Crippen LogP contribution >= 0.6 is 11.6 Å². The van der Waals surface area contributed by atoms with Crippen molar-refractivity contribution in [2.45, 2.75) is 6.92 Å². The van der Waals surface area contributed by atoms with Crippen LogP contribution in [0.2, 0.25) is 5.02 Å². The van der Waals surface area contributed by atoms with Gasteiger partial charge in [0.25, 0.3) is 0 Å². The van der Waals surface area contributed by atoms with Crippen molar-refractivity contribution >= 4 is 34.7 Å². The molecule has 22 heavy (non-hydrogen) atoms. The van der Waals surface area contributed by atoms with Crippen LogP contribution in [0.25, 0.3) is 0 Å². The smallest absolute Gasteiger partial charge is 0.221 e. The molecule has 2 aromatic rings. The van der Waals surface area contributed by atoms with Crippen LogP contribution in [0.4, 0.5) is 17.2 Å². The summed E-state index contributed by atoms with van der Waals surface area (Å²) in [5, 5.41) is 15.0. The lowest BCUT2D eigenvalue weighted by Crippen LogP contribution is -2.07. The van der Waals surface area contributed by atoms with Crippen molar-refractivity contribution in [1.82, 2.24) is 4.98 Å². The van der Waals surface area contributed by atoms with Crippen LogP contribution in [0.5, 0.6) is 5.75 Å². The maximum absolute atomic E-state index is 11.2. The lowest BCUT2D eigenvalue weighted by atomic mass is 10.2. The zero-order valence-corrected chi connectivity index (χ0v) is 12.7. The predicted molar refractivity (Wildman–Crippen MR) is 84.5 cm³/mol. The van der Waals surface area contributed by atoms with Crippen molar-refractivity contribution in [1.29, 1.82) is 5.26 Å². The van der Waals surface area contributed by atoms with Gasteiger partial charge in [0.15, 0.2) is 5.69 Å². The fourth-order valence-electron chi connectivity index (χ4n) is 1.81. The second kappa shape index (κ2) is 6.78. The van der Waals surface area contributed by atoms with Crippen molar-refractivity contribution in [3.63, 3.8) is 0 Å². The molecule has 1 heterocycles. The second-order valence-corrected chi connectivity index (χ2v) is 4.77. The molecule has 6 nitrogen and oxygen atoms in total. The number of halogens is 1. The number of ether oxygens (including phenoxy) is 1. The number of carbonyl (C=O) groups excluding carboxylic acids is 1. The molecule has 0 aliphatic carbocycles. The van der Waals surface area contributed by atoms with Crippen LogP contribution < -0.4 is 15.4 Å². The normalized spacial score (nSPS) is 9.73.